The van der Waals surface area contributed by atoms with Gasteiger partial charge in [0.25, 0.3) is 0 Å². The molecule has 2 aliphatic heterocycles. The van der Waals surface area contributed by atoms with Crippen molar-refractivity contribution in [3.8, 4) is 63.0 Å². The molecule has 0 bridgehead atoms. The van der Waals surface area contributed by atoms with E-state index < -0.39 is 0 Å². The second kappa shape index (κ2) is 8.04. The molecular weight excluding hydrogens is 452 g/mol. The molecule has 2 aliphatic rings. The van der Waals surface area contributed by atoms with Gasteiger partial charge < -0.3 is 33.6 Å². The number of aliphatic imine (C=N–C) groups is 1. The Hall–Kier alpha value is -5.10. The molecule has 35 heavy (non-hydrogen) atoms. The van der Waals surface area contributed by atoms with Crippen LogP contribution in [0.1, 0.15) is 11.1 Å². The van der Waals surface area contributed by atoms with Gasteiger partial charge in [-0.3, -0.25) is 0 Å². The van der Waals surface area contributed by atoms with Crippen LogP contribution in [0, 0.1) is 11.3 Å². The van der Waals surface area contributed by atoms with Crippen LogP contribution in [0.3, 0.4) is 0 Å². The predicted molar refractivity (Wildman–Crippen MR) is 124 cm³/mol. The molecule has 9 heteroatoms. The smallest absolute Gasteiger partial charge is 0.238 e. The average Bonchev–Trinajstić information content (AvgIpc) is 3.60. The van der Waals surface area contributed by atoms with Crippen LogP contribution < -0.4 is 18.9 Å². The summed E-state index contributed by atoms with van der Waals surface area (Å²) in [6.45, 7) is 0.247. The summed E-state index contributed by atoms with van der Waals surface area (Å²) in [5, 5.41) is 29.7. The van der Waals surface area contributed by atoms with E-state index in [9.17, 15) is 15.5 Å². The Morgan fingerprint density at radius 3 is 2.14 bits per heavy atom. The maximum absolute atomic E-state index is 10.1. The van der Waals surface area contributed by atoms with Crippen molar-refractivity contribution in [1.29, 1.82) is 5.26 Å². The molecule has 1 aromatic heterocycles. The zero-order valence-electron chi connectivity index (χ0n) is 18.0. The monoisotopic (exact) mass is 468 g/mol. The molecule has 0 amide bonds. The van der Waals surface area contributed by atoms with E-state index in [1.807, 2.05) is 12.1 Å². The molecule has 3 aromatic carbocycles. The third kappa shape index (κ3) is 3.54. The van der Waals surface area contributed by atoms with Gasteiger partial charge >= 0.3 is 0 Å². The second-order valence-corrected chi connectivity index (χ2v) is 7.74. The number of rotatable bonds is 4. The Balaban J connectivity index is 1.52. The van der Waals surface area contributed by atoms with Gasteiger partial charge in [-0.1, -0.05) is 6.07 Å². The van der Waals surface area contributed by atoms with Gasteiger partial charge in [0.1, 0.15) is 28.9 Å². The Morgan fingerprint density at radius 2 is 1.46 bits per heavy atom. The number of aromatic hydroxyl groups is 2. The van der Waals surface area contributed by atoms with E-state index >= 15 is 0 Å². The number of phenolic OH excluding ortho intramolecular Hbond substituents is 2. The Bertz CT molecular complexity index is 1550. The van der Waals surface area contributed by atoms with Crippen molar-refractivity contribution in [2.75, 3.05) is 13.6 Å². The van der Waals surface area contributed by atoms with Crippen LogP contribution in [-0.4, -0.2) is 30.0 Å². The van der Waals surface area contributed by atoms with Gasteiger partial charge in [0.15, 0.2) is 23.0 Å². The molecule has 0 unspecified atom stereocenters. The fourth-order valence-corrected chi connectivity index (χ4v) is 3.95. The van der Waals surface area contributed by atoms with Crippen molar-refractivity contribution in [1.82, 2.24) is 0 Å². The number of nitrogens with zero attached hydrogens (tertiary/aromatic N) is 2. The molecule has 4 aromatic rings. The molecule has 0 fully saturated rings. The number of furan rings is 1. The first kappa shape index (κ1) is 20.5. The highest BCUT2D eigenvalue weighted by Crippen LogP contribution is 2.47. The normalized spacial score (nSPS) is 13.3. The summed E-state index contributed by atoms with van der Waals surface area (Å²) in [5.41, 5.74) is 2.40. The molecule has 0 atom stereocenters. The van der Waals surface area contributed by atoms with Crippen molar-refractivity contribution in [2.45, 2.75) is 0 Å². The van der Waals surface area contributed by atoms with E-state index in [0.717, 1.165) is 0 Å². The number of ether oxygens (including phenoxy) is 4. The highest BCUT2D eigenvalue weighted by Gasteiger charge is 2.26. The summed E-state index contributed by atoms with van der Waals surface area (Å²) in [6, 6.07) is 17.0. The van der Waals surface area contributed by atoms with E-state index in [2.05, 4.69) is 11.1 Å². The Labute approximate surface area is 198 Å². The van der Waals surface area contributed by atoms with E-state index in [4.69, 9.17) is 23.4 Å². The van der Waals surface area contributed by atoms with Crippen molar-refractivity contribution in [3.63, 3.8) is 0 Å². The fraction of sp³-hybridized carbons (Fsp3) is 0.0769. The van der Waals surface area contributed by atoms with Crippen LogP contribution in [0.4, 0.5) is 5.88 Å². The summed E-state index contributed by atoms with van der Waals surface area (Å²) >= 11 is 0. The molecule has 0 aliphatic carbocycles. The summed E-state index contributed by atoms with van der Waals surface area (Å²) in [4.78, 5) is 4.35. The molecule has 0 spiro atoms. The topological polar surface area (TPSA) is 127 Å². The SMILES string of the molecule is N#Cc1c(N=Cc2ccc(O)cc2O)oc(-c2ccc3c(c2)OCO3)c1-c1ccc2c(c1)OCO2. The number of phenols is 2. The predicted octanol–water partition coefficient (Wildman–Crippen LogP) is 5.10. The molecule has 0 radical (unpaired) electrons. The van der Waals surface area contributed by atoms with Crippen molar-refractivity contribution in [3.05, 3.63) is 65.7 Å². The van der Waals surface area contributed by atoms with Crippen LogP contribution in [0.2, 0.25) is 0 Å². The summed E-state index contributed by atoms with van der Waals surface area (Å²) in [7, 11) is 0. The molecular formula is C26H16N2O7. The van der Waals surface area contributed by atoms with Gasteiger partial charge in [-0.2, -0.15) is 5.26 Å². The molecule has 6 rings (SSSR count). The zero-order valence-corrected chi connectivity index (χ0v) is 18.0. The lowest BCUT2D eigenvalue weighted by atomic mass is 9.97. The maximum atomic E-state index is 10.1. The van der Waals surface area contributed by atoms with Crippen molar-refractivity contribution >= 4 is 12.1 Å². The van der Waals surface area contributed by atoms with Gasteiger partial charge in [-0.05, 0) is 48.0 Å². The molecule has 172 valence electrons. The molecule has 0 saturated heterocycles. The molecule has 9 nitrogen and oxygen atoms in total. The lowest BCUT2D eigenvalue weighted by molar-refractivity contribution is 0.173. The Kier molecular flexibility index (Phi) is 4.71. The van der Waals surface area contributed by atoms with Gasteiger partial charge in [0, 0.05) is 29.0 Å². The largest absolute Gasteiger partial charge is 0.508 e. The van der Waals surface area contributed by atoms with E-state index in [0.29, 0.717) is 51.0 Å². The summed E-state index contributed by atoms with van der Waals surface area (Å²) < 4.78 is 28.0. The zero-order chi connectivity index (χ0) is 23.9. The van der Waals surface area contributed by atoms with Gasteiger partial charge in [-0.15, -0.1) is 0 Å². The minimum Gasteiger partial charge on any atom is -0.508 e. The first-order valence-corrected chi connectivity index (χ1v) is 10.5. The van der Waals surface area contributed by atoms with Gasteiger partial charge in [-0.25, -0.2) is 4.99 Å². The second-order valence-electron chi connectivity index (χ2n) is 7.74. The van der Waals surface area contributed by atoms with Crippen molar-refractivity contribution < 1.29 is 33.6 Å². The quantitative estimate of drug-likeness (QED) is 0.396. The Morgan fingerprint density at radius 1 is 0.800 bits per heavy atom. The minimum absolute atomic E-state index is 0.0558. The standard InChI is InChI=1S/C26H16N2O7/c27-10-18-24(14-2-5-20-22(7-14)33-12-31-20)25(15-3-6-21-23(8-15)34-13-32-21)35-26(18)28-11-16-1-4-17(29)9-19(16)30/h1-9,11,29-30H,12-13H2. The molecule has 3 heterocycles. The lowest BCUT2D eigenvalue weighted by Crippen LogP contribution is -1.93. The lowest BCUT2D eigenvalue weighted by Gasteiger charge is -2.06. The number of fused-ring (bicyclic) bond motifs is 2. The number of hydrogen-bond donors (Lipinski definition) is 2. The summed E-state index contributed by atoms with van der Waals surface area (Å²) in [5.74, 6) is 2.57. The highest BCUT2D eigenvalue weighted by atomic mass is 16.7. The van der Waals surface area contributed by atoms with Crippen LogP contribution >= 0.6 is 0 Å². The number of hydrogen-bond acceptors (Lipinski definition) is 9. The van der Waals surface area contributed by atoms with Gasteiger partial charge in [0.05, 0.1) is 0 Å². The van der Waals surface area contributed by atoms with Crippen LogP contribution in [0.5, 0.6) is 34.5 Å². The van der Waals surface area contributed by atoms with E-state index in [-0.39, 0.29) is 36.5 Å². The first-order chi connectivity index (χ1) is 17.1. The average molecular weight is 468 g/mol. The summed E-state index contributed by atoms with van der Waals surface area (Å²) in [6.07, 6.45) is 1.36. The van der Waals surface area contributed by atoms with Crippen LogP contribution in [0.15, 0.2) is 64.0 Å². The minimum atomic E-state index is -0.161. The first-order valence-electron chi connectivity index (χ1n) is 10.5. The van der Waals surface area contributed by atoms with Crippen LogP contribution in [-0.2, 0) is 0 Å². The van der Waals surface area contributed by atoms with Crippen molar-refractivity contribution in [2.24, 2.45) is 4.99 Å². The van der Waals surface area contributed by atoms with Gasteiger partial charge in [0.2, 0.25) is 19.5 Å². The van der Waals surface area contributed by atoms with E-state index in [1.165, 1.54) is 24.4 Å². The van der Waals surface area contributed by atoms with Crippen LogP contribution in [0.25, 0.3) is 22.5 Å². The highest BCUT2D eigenvalue weighted by molar-refractivity contribution is 5.91. The third-order valence-corrected chi connectivity index (χ3v) is 5.63. The number of nitriles is 1. The molecule has 2 N–H and O–H groups in total. The fourth-order valence-electron chi connectivity index (χ4n) is 3.95. The maximum Gasteiger partial charge on any atom is 0.238 e. The third-order valence-electron chi connectivity index (χ3n) is 5.63. The number of benzene rings is 3. The molecule has 0 saturated carbocycles. The van der Waals surface area contributed by atoms with E-state index in [1.54, 1.807) is 24.3 Å².